The summed E-state index contributed by atoms with van der Waals surface area (Å²) in [5, 5.41) is 9.32. The molecule has 0 saturated carbocycles. The van der Waals surface area contributed by atoms with Crippen LogP contribution in [-0.4, -0.2) is 52.8 Å². The number of rotatable bonds is 3. The minimum atomic E-state index is -0.908. The van der Waals surface area contributed by atoms with E-state index in [9.17, 15) is 9.59 Å². The molecular weight excluding hydrogens is 330 g/mol. The summed E-state index contributed by atoms with van der Waals surface area (Å²) in [6.45, 7) is 0.599. The second-order valence-corrected chi connectivity index (χ2v) is 6.57. The Balaban J connectivity index is 1.86. The number of hydrogen-bond donors (Lipinski definition) is 1. The van der Waals surface area contributed by atoms with Crippen LogP contribution in [0.25, 0.3) is 0 Å². The Hall–Kier alpha value is -1.60. The van der Waals surface area contributed by atoms with E-state index >= 15 is 0 Å². The molecule has 0 radical (unpaired) electrons. The zero-order chi connectivity index (χ0) is 15.7. The molecule has 2 aliphatic rings. The van der Waals surface area contributed by atoms with Gasteiger partial charge >= 0.3 is 5.97 Å². The van der Waals surface area contributed by atoms with Crippen molar-refractivity contribution in [2.24, 2.45) is 0 Å². The third kappa shape index (κ3) is 2.96. The van der Waals surface area contributed by atoms with Gasteiger partial charge in [-0.1, -0.05) is 11.6 Å². The number of aliphatic carboxylic acids is 1. The van der Waals surface area contributed by atoms with Crippen LogP contribution in [0.4, 0.5) is 0 Å². The lowest BCUT2D eigenvalue weighted by atomic mass is 10.1. The molecule has 2 aliphatic heterocycles. The van der Waals surface area contributed by atoms with Crippen molar-refractivity contribution in [2.75, 3.05) is 24.8 Å². The minimum absolute atomic E-state index is 0.0585. The van der Waals surface area contributed by atoms with Crippen molar-refractivity contribution in [3.8, 4) is 11.5 Å². The average Bonchev–Trinajstić information content (AvgIpc) is 2.95. The van der Waals surface area contributed by atoms with Gasteiger partial charge in [0.25, 0.3) is 5.91 Å². The van der Waals surface area contributed by atoms with E-state index in [-0.39, 0.29) is 25.2 Å². The molecule has 22 heavy (non-hydrogen) atoms. The lowest BCUT2D eigenvalue weighted by Crippen LogP contribution is -2.47. The van der Waals surface area contributed by atoms with Crippen LogP contribution < -0.4 is 9.47 Å². The molecule has 1 N–H and O–H groups in total. The highest BCUT2D eigenvalue weighted by molar-refractivity contribution is 7.99. The molecule has 1 aromatic carbocycles. The quantitative estimate of drug-likeness (QED) is 0.905. The highest BCUT2D eigenvalue weighted by atomic mass is 35.5. The molecule has 118 valence electrons. The third-order valence-electron chi connectivity index (χ3n) is 3.57. The molecule has 1 unspecified atom stereocenters. The predicted octanol–water partition coefficient (Wildman–Crippen LogP) is 2.10. The Morgan fingerprint density at radius 2 is 2.23 bits per heavy atom. The maximum Gasteiger partial charge on any atom is 0.305 e. The Morgan fingerprint density at radius 3 is 3.00 bits per heavy atom. The molecule has 6 nitrogen and oxygen atoms in total. The van der Waals surface area contributed by atoms with Gasteiger partial charge in [0.15, 0.2) is 11.5 Å². The second kappa shape index (κ2) is 6.26. The average molecular weight is 344 g/mol. The fraction of sp³-hybridized carbons (Fsp3) is 0.429. The van der Waals surface area contributed by atoms with E-state index < -0.39 is 5.97 Å². The van der Waals surface area contributed by atoms with E-state index in [2.05, 4.69) is 0 Å². The Morgan fingerprint density at radius 1 is 1.41 bits per heavy atom. The van der Waals surface area contributed by atoms with Crippen molar-refractivity contribution in [2.45, 2.75) is 12.5 Å². The molecule has 1 aromatic rings. The first-order valence-corrected chi connectivity index (χ1v) is 8.29. The molecule has 1 saturated heterocycles. The van der Waals surface area contributed by atoms with Crippen LogP contribution in [0.1, 0.15) is 16.8 Å². The summed E-state index contributed by atoms with van der Waals surface area (Å²) in [5.41, 5.74) is 0.386. The molecule has 8 heteroatoms. The Bertz CT molecular complexity index is 623. The normalized spacial score (nSPS) is 20.0. The Kier molecular flexibility index (Phi) is 4.35. The van der Waals surface area contributed by atoms with Gasteiger partial charge in [-0.05, 0) is 12.1 Å². The number of halogens is 1. The summed E-state index contributed by atoms with van der Waals surface area (Å²) < 4.78 is 10.5. The van der Waals surface area contributed by atoms with Gasteiger partial charge in [-0.25, -0.2) is 0 Å². The maximum atomic E-state index is 12.7. The molecule has 0 aliphatic carbocycles. The molecule has 0 spiro atoms. The first-order chi connectivity index (χ1) is 10.6. The van der Waals surface area contributed by atoms with Crippen LogP contribution in [0, 0.1) is 0 Å². The zero-order valence-electron chi connectivity index (χ0n) is 11.6. The highest BCUT2D eigenvalue weighted by Gasteiger charge is 2.31. The van der Waals surface area contributed by atoms with Crippen LogP contribution in [0.3, 0.4) is 0 Å². The molecule has 3 rings (SSSR count). The number of nitrogens with zero attached hydrogens (tertiary/aromatic N) is 1. The number of fused-ring (bicyclic) bond motifs is 1. The SMILES string of the molecule is O=C(O)CC1CSCCN1C(=O)c1cc(Cl)c2c(c1)OCO2. The summed E-state index contributed by atoms with van der Waals surface area (Å²) in [4.78, 5) is 25.3. The number of carbonyl (C=O) groups is 2. The van der Waals surface area contributed by atoms with Crippen molar-refractivity contribution in [3.63, 3.8) is 0 Å². The van der Waals surface area contributed by atoms with Crippen LogP contribution in [0.15, 0.2) is 12.1 Å². The summed E-state index contributed by atoms with van der Waals surface area (Å²) in [5.74, 6) is 1.16. The summed E-state index contributed by atoms with van der Waals surface area (Å²) in [6.07, 6.45) is -0.0585. The smallest absolute Gasteiger partial charge is 0.305 e. The van der Waals surface area contributed by atoms with Gasteiger partial charge in [-0.2, -0.15) is 11.8 Å². The van der Waals surface area contributed by atoms with Gasteiger partial charge in [0.1, 0.15) is 0 Å². The van der Waals surface area contributed by atoms with Gasteiger partial charge < -0.3 is 19.5 Å². The monoisotopic (exact) mass is 343 g/mol. The van der Waals surface area contributed by atoms with E-state index in [0.717, 1.165) is 5.75 Å². The third-order valence-corrected chi connectivity index (χ3v) is 4.95. The van der Waals surface area contributed by atoms with Gasteiger partial charge in [-0.3, -0.25) is 9.59 Å². The topological polar surface area (TPSA) is 76.1 Å². The van der Waals surface area contributed by atoms with Gasteiger partial charge in [0, 0.05) is 23.6 Å². The summed E-state index contributed by atoms with van der Waals surface area (Å²) >= 11 is 7.76. The number of carbonyl (C=O) groups excluding carboxylic acids is 1. The number of hydrogen-bond acceptors (Lipinski definition) is 5. The summed E-state index contributed by atoms with van der Waals surface area (Å²) in [7, 11) is 0. The minimum Gasteiger partial charge on any atom is -0.481 e. The van der Waals surface area contributed by atoms with Crippen molar-refractivity contribution >= 4 is 35.2 Å². The lowest BCUT2D eigenvalue weighted by Gasteiger charge is -2.34. The van der Waals surface area contributed by atoms with Crippen molar-refractivity contribution in [1.82, 2.24) is 4.90 Å². The zero-order valence-corrected chi connectivity index (χ0v) is 13.2. The first-order valence-electron chi connectivity index (χ1n) is 6.76. The summed E-state index contributed by atoms with van der Waals surface area (Å²) in [6, 6.07) is 2.82. The van der Waals surface area contributed by atoms with Gasteiger partial charge in [0.05, 0.1) is 17.5 Å². The molecule has 1 atom stereocenters. The number of benzene rings is 1. The first kappa shape index (κ1) is 15.3. The standard InChI is InChI=1S/C14H14ClNO5S/c15-10-3-8(4-11-13(10)21-7-20-11)14(19)16-1-2-22-6-9(16)5-12(17)18/h3-4,9H,1-2,5-7H2,(H,17,18). The number of thioether (sulfide) groups is 1. The van der Waals surface area contributed by atoms with Crippen LogP contribution in [0.2, 0.25) is 5.02 Å². The van der Waals surface area contributed by atoms with E-state index in [1.54, 1.807) is 22.7 Å². The van der Waals surface area contributed by atoms with E-state index in [0.29, 0.717) is 34.4 Å². The molecule has 1 amide bonds. The molecule has 0 bridgehead atoms. The Labute approximate surface area is 136 Å². The van der Waals surface area contributed by atoms with Crippen LogP contribution >= 0.6 is 23.4 Å². The molecule has 2 heterocycles. The fourth-order valence-electron chi connectivity index (χ4n) is 2.55. The molecule has 0 aromatic heterocycles. The number of ether oxygens (including phenoxy) is 2. The number of carboxylic acids is 1. The van der Waals surface area contributed by atoms with Crippen molar-refractivity contribution < 1.29 is 24.2 Å². The molecular formula is C14H14ClNO5S. The van der Waals surface area contributed by atoms with Crippen LogP contribution in [-0.2, 0) is 4.79 Å². The van der Waals surface area contributed by atoms with E-state index in [1.165, 1.54) is 6.07 Å². The van der Waals surface area contributed by atoms with Crippen LogP contribution in [0.5, 0.6) is 11.5 Å². The maximum absolute atomic E-state index is 12.7. The van der Waals surface area contributed by atoms with Gasteiger partial charge in [0.2, 0.25) is 6.79 Å². The van der Waals surface area contributed by atoms with Crippen molar-refractivity contribution in [1.29, 1.82) is 0 Å². The van der Waals surface area contributed by atoms with E-state index in [4.69, 9.17) is 26.2 Å². The number of carboxylic acid groups (broad SMARTS) is 1. The number of amides is 1. The van der Waals surface area contributed by atoms with Crippen molar-refractivity contribution in [3.05, 3.63) is 22.7 Å². The molecule has 1 fully saturated rings. The largest absolute Gasteiger partial charge is 0.481 e. The van der Waals surface area contributed by atoms with E-state index in [1.807, 2.05) is 0 Å². The lowest BCUT2D eigenvalue weighted by molar-refractivity contribution is -0.138. The van der Waals surface area contributed by atoms with Gasteiger partial charge in [-0.15, -0.1) is 0 Å². The predicted molar refractivity (Wildman–Crippen MR) is 82.0 cm³/mol. The highest BCUT2D eigenvalue weighted by Crippen LogP contribution is 2.40. The fourth-order valence-corrected chi connectivity index (χ4v) is 3.88. The second-order valence-electron chi connectivity index (χ2n) is 5.02.